The van der Waals surface area contributed by atoms with E-state index in [-0.39, 0.29) is 11.3 Å². The molecule has 0 radical (unpaired) electrons. The molecule has 0 fully saturated rings. The van der Waals surface area contributed by atoms with Crippen LogP contribution in [0.2, 0.25) is 0 Å². The van der Waals surface area contributed by atoms with Crippen LogP contribution in [0, 0.1) is 5.41 Å². The molecule has 0 bridgehead atoms. The van der Waals surface area contributed by atoms with Gasteiger partial charge < -0.3 is 10.6 Å². The van der Waals surface area contributed by atoms with E-state index in [1.54, 1.807) is 19.1 Å². The van der Waals surface area contributed by atoms with Gasteiger partial charge in [0.2, 0.25) is 6.41 Å². The highest BCUT2D eigenvalue weighted by Crippen LogP contribution is 2.15. The smallest absolute Gasteiger partial charge is 0.252 e. The van der Waals surface area contributed by atoms with Crippen LogP contribution in [-0.2, 0) is 9.59 Å². The van der Waals surface area contributed by atoms with Crippen molar-refractivity contribution in [3.63, 3.8) is 0 Å². The maximum absolute atomic E-state index is 11.8. The van der Waals surface area contributed by atoms with Crippen molar-refractivity contribution in [3.05, 3.63) is 23.9 Å². The third-order valence-corrected chi connectivity index (χ3v) is 2.73. The summed E-state index contributed by atoms with van der Waals surface area (Å²) in [5.41, 5.74) is 0.237. The minimum absolute atomic E-state index is 0.156. The van der Waals surface area contributed by atoms with E-state index in [1.807, 2.05) is 41.5 Å². The van der Waals surface area contributed by atoms with Crippen molar-refractivity contribution in [1.29, 1.82) is 0 Å². The summed E-state index contributed by atoms with van der Waals surface area (Å²) in [6.45, 7) is 14.2. The predicted molar refractivity (Wildman–Crippen MR) is 92.3 cm³/mol. The average Bonchev–Trinajstić information content (AvgIpc) is 2.53. The zero-order valence-corrected chi connectivity index (χ0v) is 15.2. The summed E-state index contributed by atoms with van der Waals surface area (Å²) in [4.78, 5) is 21.9. The van der Waals surface area contributed by atoms with E-state index >= 15 is 0 Å². The summed E-state index contributed by atoms with van der Waals surface area (Å²) in [5.74, 6) is 0.221. The fraction of sp³-hybridized carbons (Fsp3) is 0.625. The number of alkyl halides is 1. The van der Waals surface area contributed by atoms with Crippen LogP contribution in [0.3, 0.4) is 0 Å². The van der Waals surface area contributed by atoms with Crippen LogP contribution in [0.5, 0.6) is 0 Å². The molecule has 5 heteroatoms. The van der Waals surface area contributed by atoms with Crippen LogP contribution in [0.4, 0.5) is 0 Å². The number of halogens is 1. The molecule has 124 valence electrons. The fourth-order valence-corrected chi connectivity index (χ4v) is 1.06. The first kappa shape index (κ1) is 24.7. The molecule has 0 aromatic heterocycles. The summed E-state index contributed by atoms with van der Waals surface area (Å²) >= 11 is 5.76. The highest BCUT2D eigenvalue weighted by Gasteiger charge is 2.18. The van der Waals surface area contributed by atoms with Gasteiger partial charge in [0.1, 0.15) is 0 Å². The molecule has 4 nitrogen and oxygen atoms in total. The lowest BCUT2D eigenvalue weighted by atomic mass is 9.96. The topological polar surface area (TPSA) is 58.2 Å². The van der Waals surface area contributed by atoms with Gasteiger partial charge in [0.05, 0.1) is 5.57 Å². The summed E-state index contributed by atoms with van der Waals surface area (Å²) in [6, 6.07) is 0. The average molecular weight is 319 g/mol. The monoisotopic (exact) mass is 318 g/mol. The SMILES string of the molecule is C/C=C\C(=C/NC=O)C(=O)NCC(C)(C)CCl.CC.CC. The van der Waals surface area contributed by atoms with E-state index in [4.69, 9.17) is 11.6 Å². The molecule has 0 aromatic carbocycles. The molecular formula is C16H31ClN2O2. The minimum Gasteiger partial charge on any atom is -0.351 e. The lowest BCUT2D eigenvalue weighted by molar-refractivity contribution is -0.117. The Hall–Kier alpha value is -1.29. The summed E-state index contributed by atoms with van der Waals surface area (Å²) in [7, 11) is 0. The van der Waals surface area contributed by atoms with Crippen LogP contribution in [0.15, 0.2) is 23.9 Å². The van der Waals surface area contributed by atoms with Gasteiger partial charge in [-0.15, -0.1) is 11.6 Å². The Morgan fingerprint density at radius 2 is 1.71 bits per heavy atom. The van der Waals surface area contributed by atoms with Gasteiger partial charge in [-0.05, 0) is 12.3 Å². The molecule has 0 unspecified atom stereocenters. The zero-order valence-electron chi connectivity index (χ0n) is 14.4. The van der Waals surface area contributed by atoms with Crippen molar-refractivity contribution in [2.45, 2.75) is 48.5 Å². The third-order valence-electron chi connectivity index (χ3n) is 2.00. The predicted octanol–water partition coefficient (Wildman–Crippen LogP) is 3.63. The normalized spacial score (nSPS) is 10.8. The van der Waals surface area contributed by atoms with Crippen LogP contribution in [0.25, 0.3) is 0 Å². The standard InChI is InChI=1S/C12H19ClN2O2.2C2H6/c1-4-5-10(6-14-9-16)11(17)15-8-12(2,3)7-13;2*1-2/h4-6,9H,7-8H2,1-3H3,(H,14,16)(H,15,17);2*1-2H3/b5-4-,10-6+;;. The van der Waals surface area contributed by atoms with E-state index in [0.717, 1.165) is 0 Å². The first-order valence-corrected chi connectivity index (χ1v) is 7.87. The second-order valence-electron chi connectivity index (χ2n) is 4.36. The first-order chi connectivity index (χ1) is 9.96. The Bertz CT molecular complexity index is 324. The maximum atomic E-state index is 11.8. The van der Waals surface area contributed by atoms with Crippen molar-refractivity contribution >= 4 is 23.9 Å². The molecule has 0 aliphatic rings. The Morgan fingerprint density at radius 1 is 1.19 bits per heavy atom. The number of rotatable bonds is 7. The van der Waals surface area contributed by atoms with Gasteiger partial charge in [-0.3, -0.25) is 9.59 Å². The Labute approximate surface area is 135 Å². The molecule has 0 saturated carbocycles. The van der Waals surface area contributed by atoms with Gasteiger partial charge >= 0.3 is 0 Å². The van der Waals surface area contributed by atoms with Crippen molar-refractivity contribution < 1.29 is 9.59 Å². The molecule has 21 heavy (non-hydrogen) atoms. The molecule has 0 aliphatic heterocycles. The van der Waals surface area contributed by atoms with Crippen molar-refractivity contribution in [3.8, 4) is 0 Å². The molecule has 0 aliphatic carbocycles. The molecule has 2 N–H and O–H groups in total. The second-order valence-corrected chi connectivity index (χ2v) is 4.63. The van der Waals surface area contributed by atoms with Crippen molar-refractivity contribution in [2.24, 2.45) is 5.41 Å². The zero-order chi connectivity index (χ0) is 17.3. The lowest BCUT2D eigenvalue weighted by Gasteiger charge is -2.21. The van der Waals surface area contributed by atoms with Crippen LogP contribution in [-0.4, -0.2) is 24.7 Å². The number of nitrogens with one attached hydrogen (secondary N) is 2. The van der Waals surface area contributed by atoms with E-state index < -0.39 is 0 Å². The Balaban J connectivity index is -0.000000739. The quantitative estimate of drug-likeness (QED) is 0.326. The number of carbonyl (C=O) groups is 2. The second kappa shape index (κ2) is 16.8. The van der Waals surface area contributed by atoms with Gasteiger partial charge in [-0.1, -0.05) is 53.7 Å². The van der Waals surface area contributed by atoms with Crippen molar-refractivity contribution in [1.82, 2.24) is 10.6 Å². The number of allylic oxidation sites excluding steroid dienone is 1. The van der Waals surface area contributed by atoms with Gasteiger partial charge in [-0.2, -0.15) is 0 Å². The fourth-order valence-electron chi connectivity index (χ4n) is 0.962. The number of hydrogen-bond donors (Lipinski definition) is 2. The van der Waals surface area contributed by atoms with E-state index in [1.165, 1.54) is 6.20 Å². The highest BCUT2D eigenvalue weighted by atomic mass is 35.5. The molecule has 2 amide bonds. The summed E-state index contributed by atoms with van der Waals surface area (Å²) in [5, 5.41) is 5.11. The lowest BCUT2D eigenvalue weighted by Crippen LogP contribution is -2.35. The minimum atomic E-state index is -0.240. The number of carbonyl (C=O) groups excluding carboxylic acids is 2. The van der Waals surface area contributed by atoms with E-state index in [9.17, 15) is 9.59 Å². The van der Waals surface area contributed by atoms with Gasteiger partial charge in [0, 0.05) is 18.6 Å². The third kappa shape index (κ3) is 14.9. The molecule has 0 spiro atoms. The number of hydrogen-bond acceptors (Lipinski definition) is 2. The highest BCUT2D eigenvalue weighted by molar-refractivity contribution is 6.18. The summed E-state index contributed by atoms with van der Waals surface area (Å²) in [6.07, 6.45) is 5.22. The van der Waals surface area contributed by atoms with Gasteiger partial charge in [-0.25, -0.2) is 0 Å². The van der Waals surface area contributed by atoms with Gasteiger partial charge in [0.15, 0.2) is 0 Å². The van der Waals surface area contributed by atoms with E-state index in [0.29, 0.717) is 24.4 Å². The largest absolute Gasteiger partial charge is 0.351 e. The Kier molecular flexibility index (Phi) is 19.7. The molecule has 0 saturated heterocycles. The van der Waals surface area contributed by atoms with Crippen LogP contribution < -0.4 is 10.6 Å². The summed E-state index contributed by atoms with van der Waals surface area (Å²) < 4.78 is 0. The molecule has 0 aromatic rings. The first-order valence-electron chi connectivity index (χ1n) is 7.33. The molecule has 0 atom stereocenters. The van der Waals surface area contributed by atoms with Crippen LogP contribution in [0.1, 0.15) is 48.5 Å². The van der Waals surface area contributed by atoms with Crippen LogP contribution >= 0.6 is 11.6 Å². The number of amides is 2. The van der Waals surface area contributed by atoms with Gasteiger partial charge in [0.25, 0.3) is 5.91 Å². The maximum Gasteiger partial charge on any atom is 0.252 e. The van der Waals surface area contributed by atoms with Crippen molar-refractivity contribution in [2.75, 3.05) is 12.4 Å². The van der Waals surface area contributed by atoms with E-state index in [2.05, 4.69) is 10.6 Å². The molecular weight excluding hydrogens is 288 g/mol. The molecule has 0 heterocycles. The Morgan fingerprint density at radius 3 is 2.10 bits per heavy atom. The molecule has 0 rings (SSSR count).